The van der Waals surface area contributed by atoms with Crippen molar-refractivity contribution in [3.63, 3.8) is 0 Å². The summed E-state index contributed by atoms with van der Waals surface area (Å²) >= 11 is 3.56. The van der Waals surface area contributed by atoms with E-state index in [0.29, 0.717) is 19.4 Å². The Bertz CT molecular complexity index is 791. The molecule has 0 aromatic rings. The van der Waals surface area contributed by atoms with Crippen molar-refractivity contribution in [2.24, 2.45) is 17.8 Å². The minimum absolute atomic E-state index is 0.0841. The van der Waals surface area contributed by atoms with Crippen molar-refractivity contribution < 1.29 is 29.3 Å². The Labute approximate surface area is 204 Å². The highest BCUT2D eigenvalue weighted by atomic mass is 79.9. The van der Waals surface area contributed by atoms with Crippen molar-refractivity contribution in [2.45, 2.75) is 88.0 Å². The van der Waals surface area contributed by atoms with Crippen LogP contribution in [0.5, 0.6) is 0 Å². The Morgan fingerprint density at radius 3 is 2.58 bits per heavy atom. The van der Waals surface area contributed by atoms with Crippen molar-refractivity contribution in [1.82, 2.24) is 9.80 Å². The maximum atomic E-state index is 14.2. The summed E-state index contributed by atoms with van der Waals surface area (Å²) in [6, 6.07) is -1.66. The van der Waals surface area contributed by atoms with E-state index in [1.807, 2.05) is 27.7 Å². The first-order chi connectivity index (χ1) is 15.5. The Morgan fingerprint density at radius 1 is 1.39 bits per heavy atom. The Kier molecular flexibility index (Phi) is 7.96. The predicted molar refractivity (Wildman–Crippen MR) is 127 cm³/mol. The van der Waals surface area contributed by atoms with Crippen LogP contribution < -0.4 is 0 Å². The molecule has 0 aliphatic carbocycles. The molecule has 186 valence electrons. The van der Waals surface area contributed by atoms with Crippen molar-refractivity contribution in [2.75, 3.05) is 13.2 Å². The molecule has 3 saturated heterocycles. The molecule has 8 atom stereocenters. The zero-order valence-corrected chi connectivity index (χ0v) is 21.5. The predicted octanol–water partition coefficient (Wildman–Crippen LogP) is 2.43. The van der Waals surface area contributed by atoms with E-state index in [2.05, 4.69) is 22.5 Å². The van der Waals surface area contributed by atoms with E-state index < -0.39 is 47.5 Å². The minimum atomic E-state index is -1.23. The quantitative estimate of drug-likeness (QED) is 0.315. The van der Waals surface area contributed by atoms with E-state index in [1.54, 1.807) is 11.0 Å². The summed E-state index contributed by atoms with van der Waals surface area (Å²) in [5, 5.41) is 20.2. The van der Waals surface area contributed by atoms with Gasteiger partial charge < -0.3 is 24.7 Å². The number of carbonyl (C=O) groups excluding carboxylic acids is 2. The number of nitrogens with zero attached hydrogens (tertiary/aromatic N) is 2. The average molecular weight is 529 g/mol. The third kappa shape index (κ3) is 4.25. The second-order valence-electron chi connectivity index (χ2n) is 10.1. The highest BCUT2D eigenvalue weighted by molar-refractivity contribution is 9.09. The molecule has 3 rings (SSSR count). The van der Waals surface area contributed by atoms with Crippen LogP contribution in [0.1, 0.15) is 53.4 Å². The van der Waals surface area contributed by atoms with Gasteiger partial charge in [0.25, 0.3) is 0 Å². The van der Waals surface area contributed by atoms with Crippen LogP contribution in [0.2, 0.25) is 0 Å². The van der Waals surface area contributed by atoms with Crippen molar-refractivity contribution >= 4 is 33.7 Å². The van der Waals surface area contributed by atoms with Gasteiger partial charge in [-0.3, -0.25) is 14.4 Å². The Morgan fingerprint density at radius 2 is 2.06 bits per heavy atom. The van der Waals surface area contributed by atoms with Gasteiger partial charge in [0.1, 0.15) is 11.6 Å². The van der Waals surface area contributed by atoms with Gasteiger partial charge in [-0.1, -0.05) is 49.2 Å². The third-order valence-electron chi connectivity index (χ3n) is 7.44. The standard InChI is InChI=1S/C24H37BrN2O6/c1-6-8-14(5)26(9-7-2)22(30)20-24-11-16(25)19(33-24)17(23(31)32)18(24)21(29)27(20)15(12-28)10-13(3)4/h7,13-20,28H,2,6,8-12H2,1,3-5H3,(H,31,32)/t14?,15-,16?,17+,18-,19+,20+,24-/m1/s1. The second kappa shape index (κ2) is 10.0. The molecule has 3 aliphatic rings. The first kappa shape index (κ1) is 26.2. The van der Waals surface area contributed by atoms with Crippen LogP contribution in [0, 0.1) is 17.8 Å². The number of carboxylic acid groups (broad SMARTS) is 1. The van der Waals surface area contributed by atoms with Gasteiger partial charge in [0, 0.05) is 17.4 Å². The maximum absolute atomic E-state index is 14.2. The largest absolute Gasteiger partial charge is 0.481 e. The Hall–Kier alpha value is -1.45. The number of ether oxygens (including phenoxy) is 1. The molecule has 2 bridgehead atoms. The highest BCUT2D eigenvalue weighted by Crippen LogP contribution is 2.60. The molecule has 3 fully saturated rings. The number of aliphatic carboxylic acids is 1. The summed E-state index contributed by atoms with van der Waals surface area (Å²) in [5.74, 6) is -3.57. The zero-order valence-electron chi connectivity index (χ0n) is 19.9. The molecule has 0 radical (unpaired) electrons. The second-order valence-corrected chi connectivity index (χ2v) is 11.3. The first-order valence-electron chi connectivity index (χ1n) is 11.9. The summed E-state index contributed by atoms with van der Waals surface area (Å²) < 4.78 is 6.33. The third-order valence-corrected chi connectivity index (χ3v) is 8.29. The average Bonchev–Trinajstić information content (AvgIpc) is 3.33. The lowest BCUT2D eigenvalue weighted by Gasteiger charge is -2.41. The first-order valence-corrected chi connectivity index (χ1v) is 12.9. The number of aliphatic hydroxyl groups excluding tert-OH is 1. The number of amides is 2. The molecule has 8 nitrogen and oxygen atoms in total. The number of aliphatic hydroxyl groups is 1. The fourth-order valence-corrected chi connectivity index (χ4v) is 7.14. The van der Waals surface area contributed by atoms with Crippen molar-refractivity contribution in [3.05, 3.63) is 12.7 Å². The van der Waals surface area contributed by atoms with Crippen LogP contribution >= 0.6 is 15.9 Å². The Balaban J connectivity index is 2.13. The monoisotopic (exact) mass is 528 g/mol. The zero-order chi connectivity index (χ0) is 24.7. The van der Waals surface area contributed by atoms with Crippen LogP contribution in [0.25, 0.3) is 0 Å². The maximum Gasteiger partial charge on any atom is 0.310 e. The number of hydrogen-bond acceptors (Lipinski definition) is 5. The van der Waals surface area contributed by atoms with Gasteiger partial charge in [0.15, 0.2) is 0 Å². The topological polar surface area (TPSA) is 107 Å². The summed E-state index contributed by atoms with van der Waals surface area (Å²) in [5.41, 5.74) is -1.23. The van der Waals surface area contributed by atoms with E-state index in [1.165, 1.54) is 4.90 Å². The molecule has 3 aliphatic heterocycles. The van der Waals surface area contributed by atoms with Crippen LogP contribution in [-0.4, -0.2) is 85.6 Å². The highest BCUT2D eigenvalue weighted by Gasteiger charge is 2.77. The fourth-order valence-electron chi connectivity index (χ4n) is 6.20. The van der Waals surface area contributed by atoms with Crippen LogP contribution in [-0.2, 0) is 19.1 Å². The van der Waals surface area contributed by atoms with Crippen LogP contribution in [0.15, 0.2) is 12.7 Å². The number of rotatable bonds is 11. The van der Waals surface area contributed by atoms with Gasteiger partial charge in [0.2, 0.25) is 11.8 Å². The van der Waals surface area contributed by atoms with Gasteiger partial charge in [-0.2, -0.15) is 0 Å². The van der Waals surface area contributed by atoms with Crippen molar-refractivity contribution in [3.8, 4) is 0 Å². The molecular weight excluding hydrogens is 492 g/mol. The van der Waals surface area contributed by atoms with Crippen molar-refractivity contribution in [1.29, 1.82) is 0 Å². The summed E-state index contributed by atoms with van der Waals surface area (Å²) in [6.07, 6.45) is 3.53. The number of halogens is 1. The van der Waals surface area contributed by atoms with Gasteiger partial charge >= 0.3 is 5.97 Å². The molecule has 2 amide bonds. The molecule has 2 unspecified atom stereocenters. The number of carboxylic acids is 1. The van der Waals surface area contributed by atoms with E-state index in [-0.39, 0.29) is 29.3 Å². The number of carbonyl (C=O) groups is 3. The smallest absolute Gasteiger partial charge is 0.310 e. The number of hydrogen-bond donors (Lipinski definition) is 2. The van der Waals surface area contributed by atoms with Crippen LogP contribution in [0.3, 0.4) is 0 Å². The van der Waals surface area contributed by atoms with Gasteiger partial charge in [-0.25, -0.2) is 0 Å². The summed E-state index contributed by atoms with van der Waals surface area (Å²) in [6.45, 7) is 11.8. The molecule has 0 aromatic heterocycles. The molecule has 1 spiro atoms. The lowest BCUT2D eigenvalue weighted by molar-refractivity contribution is -0.154. The summed E-state index contributed by atoms with van der Waals surface area (Å²) in [7, 11) is 0. The van der Waals surface area contributed by atoms with Gasteiger partial charge in [-0.15, -0.1) is 6.58 Å². The fraction of sp³-hybridized carbons (Fsp3) is 0.792. The van der Waals surface area contributed by atoms with Gasteiger partial charge in [-0.05, 0) is 32.1 Å². The molecule has 2 N–H and O–H groups in total. The normalized spacial score (nSPS) is 34.5. The molecule has 3 heterocycles. The van der Waals surface area contributed by atoms with E-state index >= 15 is 0 Å². The van der Waals surface area contributed by atoms with E-state index in [9.17, 15) is 24.6 Å². The van der Waals surface area contributed by atoms with E-state index in [4.69, 9.17) is 4.74 Å². The number of likely N-dealkylation sites (tertiary alicyclic amines) is 1. The number of alkyl halides is 1. The molecular formula is C24H37BrN2O6. The lowest BCUT2D eigenvalue weighted by atomic mass is 9.70. The molecule has 9 heteroatoms. The SMILES string of the molecule is C=CCN(C(=O)[C@@H]1N([C@@H](CO)CC(C)C)C(=O)[C@H]2[C@H](C(=O)O)[C@H]3O[C@@]12CC3Br)C(C)CCC. The van der Waals surface area contributed by atoms with Crippen LogP contribution in [0.4, 0.5) is 0 Å². The van der Waals surface area contributed by atoms with Gasteiger partial charge in [0.05, 0.1) is 30.6 Å². The summed E-state index contributed by atoms with van der Waals surface area (Å²) in [4.78, 5) is 43.2. The number of fused-ring (bicyclic) bond motifs is 1. The molecule has 0 saturated carbocycles. The molecule has 0 aromatic carbocycles. The van der Waals surface area contributed by atoms with E-state index in [0.717, 1.165) is 12.8 Å². The molecule has 33 heavy (non-hydrogen) atoms. The minimum Gasteiger partial charge on any atom is -0.481 e. The lowest BCUT2D eigenvalue weighted by Crippen LogP contribution is -2.60.